The van der Waals surface area contributed by atoms with Crippen molar-refractivity contribution in [3.8, 4) is 5.75 Å². The largest absolute Gasteiger partial charge is 0.493 e. The number of halogens is 1. The van der Waals surface area contributed by atoms with Gasteiger partial charge >= 0.3 is 0 Å². The topological polar surface area (TPSA) is 65.2 Å². The molecular formula is C12H11ClN2O2. The molecule has 1 aromatic heterocycles. The molecule has 5 heteroatoms. The minimum absolute atomic E-state index is 0.314. The van der Waals surface area contributed by atoms with E-state index in [2.05, 4.69) is 4.98 Å². The Bertz CT molecular complexity index is 584. The number of pyridine rings is 1. The maximum atomic E-state index is 11.3. The first-order valence-corrected chi connectivity index (χ1v) is 5.52. The Balaban J connectivity index is 2.72. The molecule has 17 heavy (non-hydrogen) atoms. The fourth-order valence-corrected chi connectivity index (χ4v) is 1.82. The van der Waals surface area contributed by atoms with E-state index in [9.17, 15) is 4.79 Å². The molecule has 1 amide bonds. The van der Waals surface area contributed by atoms with Crippen LogP contribution in [0.3, 0.4) is 0 Å². The predicted molar refractivity (Wildman–Crippen MR) is 66.4 cm³/mol. The van der Waals surface area contributed by atoms with Crippen LogP contribution >= 0.6 is 11.6 Å². The Morgan fingerprint density at radius 2 is 2.29 bits per heavy atom. The van der Waals surface area contributed by atoms with Gasteiger partial charge in [0.25, 0.3) is 5.91 Å². The molecule has 0 saturated heterocycles. The number of carbonyl (C=O) groups is 1. The van der Waals surface area contributed by atoms with Crippen LogP contribution in [0.4, 0.5) is 0 Å². The van der Waals surface area contributed by atoms with Crippen molar-refractivity contribution in [3.63, 3.8) is 0 Å². The Kier molecular flexibility index (Phi) is 3.15. The maximum absolute atomic E-state index is 11.3. The van der Waals surface area contributed by atoms with E-state index >= 15 is 0 Å². The molecule has 0 saturated carbocycles. The Hall–Kier alpha value is -1.81. The fourth-order valence-electron chi connectivity index (χ4n) is 1.61. The summed E-state index contributed by atoms with van der Waals surface area (Å²) in [5, 5.41) is 1.21. The summed E-state index contributed by atoms with van der Waals surface area (Å²) in [6.45, 7) is 2.28. The van der Waals surface area contributed by atoms with Crippen LogP contribution < -0.4 is 10.5 Å². The highest BCUT2D eigenvalue weighted by atomic mass is 35.5. The highest BCUT2D eigenvalue weighted by molar-refractivity contribution is 6.35. The maximum Gasteiger partial charge on any atom is 0.252 e. The summed E-state index contributed by atoms with van der Waals surface area (Å²) >= 11 is 6.03. The van der Waals surface area contributed by atoms with Crippen LogP contribution in [-0.4, -0.2) is 17.5 Å². The van der Waals surface area contributed by atoms with Gasteiger partial charge in [0.1, 0.15) is 5.75 Å². The molecule has 0 unspecified atom stereocenters. The molecule has 4 nitrogen and oxygen atoms in total. The van der Waals surface area contributed by atoms with Gasteiger partial charge in [-0.15, -0.1) is 0 Å². The number of carbonyl (C=O) groups excluding carboxylic acids is 1. The summed E-state index contributed by atoms with van der Waals surface area (Å²) in [7, 11) is 0. The van der Waals surface area contributed by atoms with Gasteiger partial charge in [-0.05, 0) is 19.1 Å². The van der Waals surface area contributed by atoms with E-state index in [1.165, 1.54) is 0 Å². The average Bonchev–Trinajstić information content (AvgIpc) is 2.29. The molecule has 0 atom stereocenters. The average molecular weight is 251 g/mol. The van der Waals surface area contributed by atoms with Gasteiger partial charge in [0.15, 0.2) is 0 Å². The lowest BCUT2D eigenvalue weighted by Crippen LogP contribution is -2.13. The van der Waals surface area contributed by atoms with Crippen LogP contribution in [0.25, 0.3) is 10.9 Å². The summed E-state index contributed by atoms with van der Waals surface area (Å²) in [6, 6.07) is 4.94. The van der Waals surface area contributed by atoms with E-state index in [1.54, 1.807) is 24.4 Å². The molecule has 0 radical (unpaired) electrons. The lowest BCUT2D eigenvalue weighted by Gasteiger charge is -2.09. The normalized spacial score (nSPS) is 10.5. The molecule has 0 aliphatic carbocycles. The number of nitrogens with two attached hydrogens (primary N) is 1. The van der Waals surface area contributed by atoms with Crippen molar-refractivity contribution in [3.05, 3.63) is 35.0 Å². The van der Waals surface area contributed by atoms with Crippen molar-refractivity contribution in [2.24, 2.45) is 5.73 Å². The molecule has 0 bridgehead atoms. The number of hydrogen-bond acceptors (Lipinski definition) is 3. The molecule has 0 aliphatic heterocycles. The van der Waals surface area contributed by atoms with Crippen molar-refractivity contribution in [2.75, 3.05) is 6.61 Å². The van der Waals surface area contributed by atoms with E-state index in [-0.39, 0.29) is 0 Å². The fraction of sp³-hybridized carbons (Fsp3) is 0.167. The first-order chi connectivity index (χ1) is 8.13. The molecule has 1 heterocycles. The number of benzene rings is 1. The van der Waals surface area contributed by atoms with E-state index in [0.29, 0.717) is 33.8 Å². The molecule has 0 aliphatic rings. The van der Waals surface area contributed by atoms with E-state index in [0.717, 1.165) is 0 Å². The zero-order valence-electron chi connectivity index (χ0n) is 9.24. The Morgan fingerprint density at radius 3 is 2.94 bits per heavy atom. The SMILES string of the molecule is CCOc1cc2nccc(Cl)c2cc1C(N)=O. The van der Waals surface area contributed by atoms with Crippen LogP contribution in [0.5, 0.6) is 5.75 Å². The third-order valence-corrected chi connectivity index (χ3v) is 2.68. The van der Waals surface area contributed by atoms with Crippen molar-refractivity contribution >= 4 is 28.4 Å². The van der Waals surface area contributed by atoms with Gasteiger partial charge < -0.3 is 10.5 Å². The van der Waals surface area contributed by atoms with Crippen molar-refractivity contribution in [1.29, 1.82) is 0 Å². The van der Waals surface area contributed by atoms with Crippen molar-refractivity contribution < 1.29 is 9.53 Å². The molecule has 2 N–H and O–H groups in total. The number of rotatable bonds is 3. The molecule has 1 aromatic carbocycles. The van der Waals surface area contributed by atoms with Gasteiger partial charge in [-0.3, -0.25) is 9.78 Å². The molecule has 88 valence electrons. The second-order valence-corrected chi connectivity index (χ2v) is 3.86. The van der Waals surface area contributed by atoms with Crippen LogP contribution in [0.2, 0.25) is 5.02 Å². The van der Waals surface area contributed by atoms with Gasteiger partial charge in [0.2, 0.25) is 0 Å². The minimum atomic E-state index is -0.546. The summed E-state index contributed by atoms with van der Waals surface area (Å²) in [4.78, 5) is 15.5. The summed E-state index contributed by atoms with van der Waals surface area (Å²) in [6.07, 6.45) is 1.60. The molecule has 0 spiro atoms. The third kappa shape index (κ3) is 2.17. The van der Waals surface area contributed by atoms with Gasteiger partial charge in [0.05, 0.1) is 22.7 Å². The highest BCUT2D eigenvalue weighted by Gasteiger charge is 2.12. The molecule has 0 fully saturated rings. The van der Waals surface area contributed by atoms with Crippen LogP contribution in [0.15, 0.2) is 24.4 Å². The van der Waals surface area contributed by atoms with Gasteiger partial charge in [-0.2, -0.15) is 0 Å². The van der Waals surface area contributed by atoms with Crippen LogP contribution in [0.1, 0.15) is 17.3 Å². The van der Waals surface area contributed by atoms with E-state index in [1.807, 2.05) is 6.92 Å². The first kappa shape index (κ1) is 11.7. The number of nitrogens with zero attached hydrogens (tertiary/aromatic N) is 1. The number of ether oxygens (including phenoxy) is 1. The predicted octanol–water partition coefficient (Wildman–Crippen LogP) is 2.39. The van der Waals surface area contributed by atoms with E-state index in [4.69, 9.17) is 22.1 Å². The molecule has 2 rings (SSSR count). The third-order valence-electron chi connectivity index (χ3n) is 2.35. The van der Waals surface area contributed by atoms with Crippen molar-refractivity contribution in [1.82, 2.24) is 4.98 Å². The quantitative estimate of drug-likeness (QED) is 0.910. The lowest BCUT2D eigenvalue weighted by molar-refractivity contribution is 0.0997. The second kappa shape index (κ2) is 4.59. The highest BCUT2D eigenvalue weighted by Crippen LogP contribution is 2.28. The summed E-state index contributed by atoms with van der Waals surface area (Å²) in [5.74, 6) is -0.113. The number of primary amides is 1. The number of fused-ring (bicyclic) bond motifs is 1. The molecular weight excluding hydrogens is 240 g/mol. The minimum Gasteiger partial charge on any atom is -0.493 e. The second-order valence-electron chi connectivity index (χ2n) is 3.46. The number of amides is 1. The van der Waals surface area contributed by atoms with Gasteiger partial charge in [-0.25, -0.2) is 0 Å². The monoisotopic (exact) mass is 250 g/mol. The lowest BCUT2D eigenvalue weighted by atomic mass is 10.1. The Morgan fingerprint density at radius 1 is 1.53 bits per heavy atom. The molecule has 2 aromatic rings. The zero-order valence-corrected chi connectivity index (χ0v) is 9.99. The van der Waals surface area contributed by atoms with Crippen LogP contribution in [-0.2, 0) is 0 Å². The standard InChI is InChI=1S/C12H11ClN2O2/c1-2-17-11-6-10-7(5-8(11)12(14)16)9(13)3-4-15-10/h3-6H,2H2,1H3,(H2,14,16). The Labute approximate surface area is 103 Å². The number of aromatic nitrogens is 1. The van der Waals surface area contributed by atoms with Gasteiger partial charge in [0, 0.05) is 17.6 Å². The summed E-state index contributed by atoms with van der Waals surface area (Å²) < 4.78 is 5.36. The summed E-state index contributed by atoms with van der Waals surface area (Å²) in [5.41, 5.74) is 6.29. The van der Waals surface area contributed by atoms with E-state index < -0.39 is 5.91 Å². The van der Waals surface area contributed by atoms with Crippen LogP contribution in [0, 0.1) is 0 Å². The zero-order chi connectivity index (χ0) is 12.4. The van der Waals surface area contributed by atoms with Crippen molar-refractivity contribution in [2.45, 2.75) is 6.92 Å². The number of hydrogen-bond donors (Lipinski definition) is 1. The smallest absolute Gasteiger partial charge is 0.252 e. The van der Waals surface area contributed by atoms with Gasteiger partial charge in [-0.1, -0.05) is 11.6 Å². The first-order valence-electron chi connectivity index (χ1n) is 5.14.